The molecule has 0 amide bonds. The first kappa shape index (κ1) is 14.8. The molecule has 0 N–H and O–H groups in total. The topological polar surface area (TPSA) is 38.2 Å². The highest BCUT2D eigenvalue weighted by molar-refractivity contribution is 5.36. The van der Waals surface area contributed by atoms with Crippen molar-refractivity contribution in [3.63, 3.8) is 0 Å². The molecular formula is C17H27N3O. The third-order valence-corrected chi connectivity index (χ3v) is 4.83. The summed E-state index contributed by atoms with van der Waals surface area (Å²) in [6, 6.07) is 0. The molecule has 4 heteroatoms. The van der Waals surface area contributed by atoms with Gasteiger partial charge in [-0.3, -0.25) is 4.98 Å². The highest BCUT2D eigenvalue weighted by atomic mass is 16.5. The zero-order chi connectivity index (χ0) is 14.5. The maximum atomic E-state index is 6.13. The van der Waals surface area contributed by atoms with Crippen molar-refractivity contribution in [3.05, 3.63) is 18.1 Å². The normalized spacial score (nSPS) is 21.7. The fourth-order valence-corrected chi connectivity index (χ4v) is 3.38. The number of aromatic nitrogens is 2. The van der Waals surface area contributed by atoms with Crippen molar-refractivity contribution in [2.45, 2.75) is 58.0 Å². The SMILES string of the molecule is Cc1cnc(N2CCC(COC3CCCCC3)CC2)cn1. The molecule has 0 radical (unpaired) electrons. The van der Waals surface area contributed by atoms with Gasteiger partial charge in [-0.2, -0.15) is 0 Å². The lowest BCUT2D eigenvalue weighted by atomic mass is 9.96. The molecule has 2 aliphatic rings. The predicted octanol–water partition coefficient (Wildman–Crippen LogP) is 3.35. The zero-order valence-electron chi connectivity index (χ0n) is 13.1. The van der Waals surface area contributed by atoms with Crippen LogP contribution in [0.15, 0.2) is 12.4 Å². The van der Waals surface area contributed by atoms with Crippen molar-refractivity contribution >= 4 is 5.82 Å². The molecule has 0 spiro atoms. The number of ether oxygens (including phenoxy) is 1. The van der Waals surface area contributed by atoms with Gasteiger partial charge < -0.3 is 9.64 Å². The summed E-state index contributed by atoms with van der Waals surface area (Å²) in [4.78, 5) is 11.2. The Morgan fingerprint density at radius 1 is 1.05 bits per heavy atom. The fourth-order valence-electron chi connectivity index (χ4n) is 3.38. The van der Waals surface area contributed by atoms with Gasteiger partial charge in [-0.1, -0.05) is 19.3 Å². The molecule has 2 fully saturated rings. The Labute approximate surface area is 127 Å². The van der Waals surface area contributed by atoms with E-state index in [2.05, 4.69) is 14.9 Å². The average Bonchev–Trinajstić information content (AvgIpc) is 2.55. The van der Waals surface area contributed by atoms with E-state index >= 15 is 0 Å². The van der Waals surface area contributed by atoms with Gasteiger partial charge in [0.1, 0.15) is 5.82 Å². The highest BCUT2D eigenvalue weighted by Gasteiger charge is 2.22. The first-order chi connectivity index (χ1) is 10.3. The van der Waals surface area contributed by atoms with Crippen LogP contribution in [0, 0.1) is 12.8 Å². The van der Waals surface area contributed by atoms with Crippen LogP contribution in [0.1, 0.15) is 50.6 Å². The van der Waals surface area contributed by atoms with E-state index < -0.39 is 0 Å². The van der Waals surface area contributed by atoms with Crippen LogP contribution in [0.25, 0.3) is 0 Å². The number of nitrogens with zero attached hydrogens (tertiary/aromatic N) is 3. The Hall–Kier alpha value is -1.16. The number of rotatable bonds is 4. The predicted molar refractivity (Wildman–Crippen MR) is 84.5 cm³/mol. The Morgan fingerprint density at radius 2 is 1.81 bits per heavy atom. The fraction of sp³-hybridized carbons (Fsp3) is 0.765. The van der Waals surface area contributed by atoms with E-state index in [1.165, 1.54) is 44.9 Å². The Kier molecular flexibility index (Phi) is 5.07. The largest absolute Gasteiger partial charge is 0.378 e. The molecule has 2 heterocycles. The lowest BCUT2D eigenvalue weighted by molar-refractivity contribution is 0.00357. The van der Waals surface area contributed by atoms with Gasteiger partial charge >= 0.3 is 0 Å². The third-order valence-electron chi connectivity index (χ3n) is 4.83. The molecule has 1 aliphatic carbocycles. The van der Waals surface area contributed by atoms with Crippen molar-refractivity contribution in [1.82, 2.24) is 9.97 Å². The zero-order valence-corrected chi connectivity index (χ0v) is 13.1. The molecule has 1 aliphatic heterocycles. The number of anilines is 1. The van der Waals surface area contributed by atoms with Gasteiger partial charge in [0.2, 0.25) is 0 Å². The van der Waals surface area contributed by atoms with E-state index in [1.54, 1.807) is 0 Å². The second-order valence-corrected chi connectivity index (χ2v) is 6.54. The van der Waals surface area contributed by atoms with Gasteiger partial charge in [-0.15, -0.1) is 0 Å². The Bertz CT molecular complexity index is 420. The van der Waals surface area contributed by atoms with Gasteiger partial charge in [0.25, 0.3) is 0 Å². The summed E-state index contributed by atoms with van der Waals surface area (Å²) in [7, 11) is 0. The van der Waals surface area contributed by atoms with Gasteiger partial charge in [-0.25, -0.2) is 4.98 Å². The Balaban J connectivity index is 1.41. The van der Waals surface area contributed by atoms with Crippen LogP contribution >= 0.6 is 0 Å². The molecule has 116 valence electrons. The van der Waals surface area contributed by atoms with Gasteiger partial charge in [0.15, 0.2) is 0 Å². The smallest absolute Gasteiger partial charge is 0.147 e. The molecule has 0 bridgehead atoms. The van der Waals surface area contributed by atoms with E-state index in [0.29, 0.717) is 6.10 Å². The monoisotopic (exact) mass is 289 g/mol. The third kappa shape index (κ3) is 4.16. The summed E-state index contributed by atoms with van der Waals surface area (Å²) in [6.45, 7) is 5.09. The van der Waals surface area contributed by atoms with Crippen LogP contribution in [0.2, 0.25) is 0 Å². The number of hydrogen-bond donors (Lipinski definition) is 0. The molecule has 21 heavy (non-hydrogen) atoms. The van der Waals surface area contributed by atoms with Crippen LogP contribution in [0.3, 0.4) is 0 Å². The molecule has 1 aromatic heterocycles. The van der Waals surface area contributed by atoms with Crippen molar-refractivity contribution in [2.75, 3.05) is 24.6 Å². The Morgan fingerprint density at radius 3 is 2.48 bits per heavy atom. The summed E-state index contributed by atoms with van der Waals surface area (Å²) in [6.07, 6.45) is 13.4. The van der Waals surface area contributed by atoms with E-state index in [4.69, 9.17) is 4.74 Å². The van der Waals surface area contributed by atoms with Crippen molar-refractivity contribution < 1.29 is 4.74 Å². The molecule has 0 unspecified atom stereocenters. The number of hydrogen-bond acceptors (Lipinski definition) is 4. The van der Waals surface area contributed by atoms with E-state index in [0.717, 1.165) is 37.1 Å². The van der Waals surface area contributed by atoms with Crippen LogP contribution in [-0.4, -0.2) is 35.8 Å². The molecule has 0 atom stereocenters. The van der Waals surface area contributed by atoms with Crippen molar-refractivity contribution in [2.24, 2.45) is 5.92 Å². The first-order valence-corrected chi connectivity index (χ1v) is 8.46. The average molecular weight is 289 g/mol. The maximum Gasteiger partial charge on any atom is 0.147 e. The van der Waals surface area contributed by atoms with E-state index in [1.807, 2.05) is 19.3 Å². The lowest BCUT2D eigenvalue weighted by Crippen LogP contribution is -2.36. The van der Waals surface area contributed by atoms with Crippen LogP contribution in [-0.2, 0) is 4.74 Å². The van der Waals surface area contributed by atoms with Crippen molar-refractivity contribution in [3.8, 4) is 0 Å². The standard InChI is InChI=1S/C17H27N3O/c1-14-11-19-17(12-18-14)20-9-7-15(8-10-20)13-21-16-5-3-2-4-6-16/h11-12,15-16H,2-10,13H2,1H3. The minimum Gasteiger partial charge on any atom is -0.378 e. The minimum atomic E-state index is 0.541. The first-order valence-electron chi connectivity index (χ1n) is 8.46. The second-order valence-electron chi connectivity index (χ2n) is 6.54. The molecule has 1 saturated heterocycles. The summed E-state index contributed by atoms with van der Waals surface area (Å²) >= 11 is 0. The quantitative estimate of drug-likeness (QED) is 0.852. The molecule has 0 aromatic carbocycles. The molecule has 4 nitrogen and oxygen atoms in total. The van der Waals surface area contributed by atoms with E-state index in [9.17, 15) is 0 Å². The molecule has 1 aromatic rings. The maximum absolute atomic E-state index is 6.13. The molecule has 3 rings (SSSR count). The lowest BCUT2D eigenvalue weighted by Gasteiger charge is -2.33. The van der Waals surface area contributed by atoms with Gasteiger partial charge in [-0.05, 0) is 38.5 Å². The summed E-state index contributed by atoms with van der Waals surface area (Å²) in [5.41, 5.74) is 0.981. The number of piperidine rings is 1. The second kappa shape index (κ2) is 7.21. The highest BCUT2D eigenvalue weighted by Crippen LogP contribution is 2.25. The van der Waals surface area contributed by atoms with Gasteiger partial charge in [0.05, 0.1) is 24.2 Å². The van der Waals surface area contributed by atoms with Gasteiger partial charge in [0, 0.05) is 19.7 Å². The van der Waals surface area contributed by atoms with Crippen molar-refractivity contribution in [1.29, 1.82) is 0 Å². The summed E-state index contributed by atoms with van der Waals surface area (Å²) < 4.78 is 6.13. The van der Waals surface area contributed by atoms with Crippen LogP contribution in [0.5, 0.6) is 0 Å². The van der Waals surface area contributed by atoms with Crippen LogP contribution < -0.4 is 4.90 Å². The van der Waals surface area contributed by atoms with Crippen LogP contribution in [0.4, 0.5) is 5.82 Å². The summed E-state index contributed by atoms with van der Waals surface area (Å²) in [5, 5.41) is 0. The minimum absolute atomic E-state index is 0.541. The molecule has 1 saturated carbocycles. The molecular weight excluding hydrogens is 262 g/mol. The van der Waals surface area contributed by atoms with E-state index in [-0.39, 0.29) is 0 Å². The summed E-state index contributed by atoms with van der Waals surface area (Å²) in [5.74, 6) is 1.74. The number of aryl methyl sites for hydroxylation is 1.